The molecule has 0 radical (unpaired) electrons. The third-order valence-corrected chi connectivity index (χ3v) is 3.30. The Kier molecular flexibility index (Phi) is 4.08. The molecule has 1 fully saturated rings. The van der Waals surface area contributed by atoms with Crippen molar-refractivity contribution >= 4 is 0 Å². The molecule has 90 valence electrons. The van der Waals surface area contributed by atoms with Gasteiger partial charge in [0.1, 0.15) is 0 Å². The van der Waals surface area contributed by atoms with Crippen LogP contribution in [0.4, 0.5) is 0 Å². The van der Waals surface area contributed by atoms with Crippen LogP contribution >= 0.6 is 0 Å². The third kappa shape index (κ3) is 3.26. The van der Waals surface area contributed by atoms with E-state index in [-0.39, 0.29) is 0 Å². The molecule has 1 atom stereocenters. The first-order valence-electron chi connectivity index (χ1n) is 5.99. The monoisotopic (exact) mass is 230 g/mol. The first-order valence-corrected chi connectivity index (χ1v) is 5.99. The Morgan fingerprint density at radius 1 is 1.47 bits per heavy atom. The molecule has 0 aromatic carbocycles. The zero-order valence-electron chi connectivity index (χ0n) is 10.2. The highest BCUT2D eigenvalue weighted by Gasteiger charge is 2.23. The molecular weight excluding hydrogens is 212 g/mol. The van der Waals surface area contributed by atoms with Crippen LogP contribution in [0.2, 0.25) is 0 Å². The van der Waals surface area contributed by atoms with Crippen molar-refractivity contribution in [3.8, 4) is 6.07 Å². The Morgan fingerprint density at radius 2 is 2.35 bits per heavy atom. The lowest BCUT2D eigenvalue weighted by atomic mass is 10.1. The molecule has 0 amide bonds. The Hall–Kier alpha value is -1.44. The van der Waals surface area contributed by atoms with Crippen LogP contribution in [-0.4, -0.2) is 47.5 Å². The van der Waals surface area contributed by atoms with Crippen molar-refractivity contribution < 1.29 is 0 Å². The summed E-state index contributed by atoms with van der Waals surface area (Å²) in [6, 6.07) is 8.64. The summed E-state index contributed by atoms with van der Waals surface area (Å²) in [6.07, 6.45) is 2.44. The van der Waals surface area contributed by atoms with Gasteiger partial charge in [0.25, 0.3) is 0 Å². The van der Waals surface area contributed by atoms with E-state index in [0.29, 0.717) is 12.5 Å². The number of hydrogen-bond acceptors (Lipinski definition) is 4. The van der Waals surface area contributed by atoms with Crippen molar-refractivity contribution in [3.63, 3.8) is 0 Å². The van der Waals surface area contributed by atoms with Crippen LogP contribution in [-0.2, 0) is 6.54 Å². The maximum Gasteiger partial charge on any atom is 0.0638 e. The topological polar surface area (TPSA) is 43.2 Å². The smallest absolute Gasteiger partial charge is 0.0638 e. The Morgan fingerprint density at radius 3 is 3.06 bits per heavy atom. The lowest BCUT2D eigenvalue weighted by Gasteiger charge is -2.38. The lowest BCUT2D eigenvalue weighted by molar-refractivity contribution is 0.0919. The van der Waals surface area contributed by atoms with E-state index in [0.717, 1.165) is 31.9 Å². The van der Waals surface area contributed by atoms with Crippen LogP contribution < -0.4 is 0 Å². The predicted octanol–water partition coefficient (Wildman–Crippen LogP) is 1.11. The van der Waals surface area contributed by atoms with Gasteiger partial charge in [-0.05, 0) is 19.2 Å². The minimum Gasteiger partial charge on any atom is -0.300 e. The van der Waals surface area contributed by atoms with Gasteiger partial charge in [0, 0.05) is 38.4 Å². The maximum atomic E-state index is 8.80. The Balaban J connectivity index is 1.93. The SMILES string of the molecule is CN1CCN(Cc2ccccn2)CC1CC#N. The minimum absolute atomic E-state index is 0.359. The van der Waals surface area contributed by atoms with Gasteiger partial charge in [-0.2, -0.15) is 5.26 Å². The zero-order chi connectivity index (χ0) is 12.1. The molecule has 1 aromatic rings. The van der Waals surface area contributed by atoms with E-state index in [1.807, 2.05) is 18.3 Å². The average Bonchev–Trinajstić information content (AvgIpc) is 2.35. The summed E-state index contributed by atoms with van der Waals surface area (Å²) < 4.78 is 0. The van der Waals surface area contributed by atoms with Gasteiger partial charge in [-0.1, -0.05) is 6.07 Å². The van der Waals surface area contributed by atoms with Crippen molar-refractivity contribution in [3.05, 3.63) is 30.1 Å². The van der Waals surface area contributed by atoms with Gasteiger partial charge in [-0.15, -0.1) is 0 Å². The average molecular weight is 230 g/mol. The summed E-state index contributed by atoms with van der Waals surface area (Å²) in [4.78, 5) is 9.00. The number of likely N-dealkylation sites (N-methyl/N-ethyl adjacent to an activating group) is 1. The first kappa shape index (κ1) is 12.0. The molecule has 2 rings (SSSR count). The number of rotatable bonds is 3. The number of pyridine rings is 1. The molecule has 1 aliphatic rings. The summed E-state index contributed by atoms with van der Waals surface area (Å²) in [6.45, 7) is 3.92. The normalized spacial score (nSPS) is 22.2. The fourth-order valence-corrected chi connectivity index (χ4v) is 2.20. The highest BCUT2D eigenvalue weighted by Crippen LogP contribution is 2.12. The fourth-order valence-electron chi connectivity index (χ4n) is 2.20. The van der Waals surface area contributed by atoms with E-state index in [1.54, 1.807) is 0 Å². The van der Waals surface area contributed by atoms with Gasteiger partial charge in [0.2, 0.25) is 0 Å². The Bertz CT molecular complexity index is 384. The maximum absolute atomic E-state index is 8.80. The van der Waals surface area contributed by atoms with Crippen molar-refractivity contribution in [2.45, 2.75) is 19.0 Å². The van der Waals surface area contributed by atoms with Crippen molar-refractivity contribution in [2.75, 3.05) is 26.7 Å². The molecule has 1 aliphatic heterocycles. The standard InChI is InChI=1S/C13H18N4/c1-16-8-9-17(11-13(16)5-6-14)10-12-4-2-3-7-15-12/h2-4,7,13H,5,8-11H2,1H3. The van der Waals surface area contributed by atoms with Crippen molar-refractivity contribution in [1.29, 1.82) is 5.26 Å². The minimum atomic E-state index is 0.359. The molecule has 0 N–H and O–H groups in total. The lowest BCUT2D eigenvalue weighted by Crippen LogP contribution is -2.50. The molecule has 1 aromatic heterocycles. The van der Waals surface area contributed by atoms with Crippen molar-refractivity contribution in [2.24, 2.45) is 0 Å². The number of aromatic nitrogens is 1. The van der Waals surface area contributed by atoms with E-state index in [4.69, 9.17) is 5.26 Å². The molecule has 1 unspecified atom stereocenters. The van der Waals surface area contributed by atoms with Crippen LogP contribution in [0, 0.1) is 11.3 Å². The van der Waals surface area contributed by atoms with E-state index in [9.17, 15) is 0 Å². The van der Waals surface area contributed by atoms with E-state index < -0.39 is 0 Å². The van der Waals surface area contributed by atoms with Crippen LogP contribution in [0.25, 0.3) is 0 Å². The van der Waals surface area contributed by atoms with Crippen LogP contribution in [0.1, 0.15) is 12.1 Å². The van der Waals surface area contributed by atoms with Crippen LogP contribution in [0.15, 0.2) is 24.4 Å². The second-order valence-corrected chi connectivity index (χ2v) is 4.55. The molecule has 0 spiro atoms. The van der Waals surface area contributed by atoms with Gasteiger partial charge in [-0.25, -0.2) is 0 Å². The van der Waals surface area contributed by atoms with Gasteiger partial charge in [0.15, 0.2) is 0 Å². The molecule has 2 heterocycles. The molecule has 0 saturated carbocycles. The quantitative estimate of drug-likeness (QED) is 0.780. The fraction of sp³-hybridized carbons (Fsp3) is 0.538. The van der Waals surface area contributed by atoms with Crippen LogP contribution in [0.3, 0.4) is 0 Å². The van der Waals surface area contributed by atoms with E-state index in [1.165, 1.54) is 0 Å². The van der Waals surface area contributed by atoms with E-state index >= 15 is 0 Å². The summed E-state index contributed by atoms with van der Waals surface area (Å²) in [5, 5.41) is 8.80. The zero-order valence-corrected chi connectivity index (χ0v) is 10.2. The van der Waals surface area contributed by atoms with E-state index in [2.05, 4.69) is 34.0 Å². The molecule has 0 aliphatic carbocycles. The third-order valence-electron chi connectivity index (χ3n) is 3.30. The molecule has 4 heteroatoms. The first-order chi connectivity index (χ1) is 8.29. The number of piperazine rings is 1. The largest absolute Gasteiger partial charge is 0.300 e. The summed E-state index contributed by atoms with van der Waals surface area (Å²) in [5.74, 6) is 0. The highest BCUT2D eigenvalue weighted by molar-refractivity contribution is 5.03. The number of nitrogens with zero attached hydrogens (tertiary/aromatic N) is 4. The van der Waals surface area contributed by atoms with Crippen LogP contribution in [0.5, 0.6) is 0 Å². The van der Waals surface area contributed by atoms with Gasteiger partial charge in [-0.3, -0.25) is 14.8 Å². The second-order valence-electron chi connectivity index (χ2n) is 4.55. The molecule has 4 nitrogen and oxygen atoms in total. The van der Waals surface area contributed by atoms with Crippen molar-refractivity contribution in [1.82, 2.24) is 14.8 Å². The molecule has 1 saturated heterocycles. The number of nitriles is 1. The summed E-state index contributed by atoms with van der Waals surface area (Å²) in [5.41, 5.74) is 1.10. The molecule has 0 bridgehead atoms. The number of hydrogen-bond donors (Lipinski definition) is 0. The molecular formula is C13H18N4. The highest BCUT2D eigenvalue weighted by atomic mass is 15.3. The second kappa shape index (κ2) is 5.76. The van der Waals surface area contributed by atoms with Gasteiger partial charge >= 0.3 is 0 Å². The summed E-state index contributed by atoms with van der Waals surface area (Å²) >= 11 is 0. The van der Waals surface area contributed by atoms with Gasteiger partial charge < -0.3 is 0 Å². The Labute approximate surface area is 102 Å². The molecule has 17 heavy (non-hydrogen) atoms. The van der Waals surface area contributed by atoms with Gasteiger partial charge in [0.05, 0.1) is 18.2 Å². The predicted molar refractivity (Wildman–Crippen MR) is 66.2 cm³/mol. The summed E-state index contributed by atoms with van der Waals surface area (Å²) in [7, 11) is 2.10.